The van der Waals surface area contributed by atoms with Gasteiger partial charge in [0.2, 0.25) is 0 Å². The van der Waals surface area contributed by atoms with Crippen molar-refractivity contribution >= 4 is 0 Å². The van der Waals surface area contributed by atoms with Crippen molar-refractivity contribution in [1.82, 2.24) is 0 Å². The molecule has 0 spiro atoms. The lowest BCUT2D eigenvalue weighted by atomic mass is 9.99. The summed E-state index contributed by atoms with van der Waals surface area (Å²) in [4.78, 5) is 2.77. The first kappa shape index (κ1) is 14.1. The minimum atomic E-state index is -0.733. The second kappa shape index (κ2) is 4.56. The van der Waals surface area contributed by atoms with Crippen molar-refractivity contribution in [2.75, 3.05) is 6.54 Å². The number of ether oxygens (including phenoxy) is 5. The van der Waals surface area contributed by atoms with Crippen molar-refractivity contribution in [3.05, 3.63) is 10.4 Å². The van der Waals surface area contributed by atoms with Crippen LogP contribution in [-0.2, 0) is 23.7 Å². The summed E-state index contributed by atoms with van der Waals surface area (Å²) in [6.07, 6.45) is -1.93. The highest BCUT2D eigenvalue weighted by molar-refractivity contribution is 5.00. The molecule has 3 fully saturated rings. The molecule has 0 aliphatic carbocycles. The van der Waals surface area contributed by atoms with Gasteiger partial charge in [-0.25, -0.2) is 0 Å². The van der Waals surface area contributed by atoms with E-state index in [1.165, 1.54) is 0 Å². The molecule has 0 aromatic heterocycles. The maximum Gasteiger partial charge on any atom is 0.190 e. The first-order valence-electron chi connectivity index (χ1n) is 6.69. The van der Waals surface area contributed by atoms with E-state index < -0.39 is 24.0 Å². The second-order valence-electron chi connectivity index (χ2n) is 6.12. The fourth-order valence-corrected chi connectivity index (χ4v) is 2.96. The molecule has 0 amide bonds. The van der Waals surface area contributed by atoms with Gasteiger partial charge in [0.25, 0.3) is 0 Å². The Morgan fingerprint density at radius 1 is 0.950 bits per heavy atom. The Labute approximate surface area is 116 Å². The van der Waals surface area contributed by atoms with Crippen molar-refractivity contribution in [2.45, 2.75) is 70.0 Å². The van der Waals surface area contributed by atoms with Crippen LogP contribution in [0.2, 0.25) is 0 Å². The van der Waals surface area contributed by atoms with Crippen molar-refractivity contribution in [3.8, 4) is 0 Å². The van der Waals surface area contributed by atoms with E-state index in [0.29, 0.717) is 0 Å². The highest BCUT2D eigenvalue weighted by Crippen LogP contribution is 2.44. The number of fused-ring (bicyclic) bond motifs is 3. The van der Waals surface area contributed by atoms with Crippen LogP contribution in [0.3, 0.4) is 0 Å². The monoisotopic (exact) mass is 285 g/mol. The lowest BCUT2D eigenvalue weighted by Crippen LogP contribution is -2.55. The first-order valence-corrected chi connectivity index (χ1v) is 6.69. The van der Waals surface area contributed by atoms with Gasteiger partial charge < -0.3 is 23.7 Å². The second-order valence-corrected chi connectivity index (χ2v) is 6.12. The van der Waals surface area contributed by atoms with Crippen LogP contribution in [0.15, 0.2) is 5.11 Å². The van der Waals surface area contributed by atoms with Crippen molar-refractivity contribution in [3.63, 3.8) is 0 Å². The maximum atomic E-state index is 8.49. The smallest absolute Gasteiger partial charge is 0.190 e. The van der Waals surface area contributed by atoms with Gasteiger partial charge in [0.05, 0.1) is 12.6 Å². The zero-order chi connectivity index (χ0) is 14.5. The van der Waals surface area contributed by atoms with E-state index in [9.17, 15) is 0 Å². The number of azide groups is 1. The molecule has 3 saturated heterocycles. The molecule has 0 aromatic rings. The summed E-state index contributed by atoms with van der Waals surface area (Å²) in [5.74, 6) is -1.46. The van der Waals surface area contributed by atoms with Gasteiger partial charge in [0, 0.05) is 4.91 Å². The standard InChI is InChI=1S/C12H19N3O5/c1-11(2)17-7-6(5-14-15-13)16-10-9(8(7)18-11)19-12(3,4)20-10/h6-10H,5H2,1-4H3/t6-,7-,8+,9-,10+/m0/s1. The molecule has 3 heterocycles. The molecular weight excluding hydrogens is 266 g/mol. The van der Waals surface area contributed by atoms with Crippen molar-refractivity contribution in [1.29, 1.82) is 0 Å². The Bertz CT molecular complexity index is 448. The normalized spacial score (nSPS) is 44.5. The molecule has 0 aromatic carbocycles. The molecule has 0 N–H and O–H groups in total. The molecule has 0 saturated carbocycles. The molecule has 0 unspecified atom stereocenters. The largest absolute Gasteiger partial charge is 0.344 e. The molecule has 8 nitrogen and oxygen atoms in total. The summed E-state index contributed by atoms with van der Waals surface area (Å²) in [5.41, 5.74) is 8.49. The minimum absolute atomic E-state index is 0.171. The molecule has 3 aliphatic rings. The van der Waals surface area contributed by atoms with Crippen LogP contribution >= 0.6 is 0 Å². The number of nitrogens with zero attached hydrogens (tertiary/aromatic N) is 3. The van der Waals surface area contributed by atoms with Crippen molar-refractivity contribution in [2.24, 2.45) is 5.11 Å². The van der Waals surface area contributed by atoms with Gasteiger partial charge in [-0.2, -0.15) is 0 Å². The fraction of sp³-hybridized carbons (Fsp3) is 1.00. The van der Waals surface area contributed by atoms with Crippen LogP contribution in [0.4, 0.5) is 0 Å². The number of rotatable bonds is 2. The Morgan fingerprint density at radius 2 is 1.55 bits per heavy atom. The molecule has 8 heteroatoms. The number of hydrogen-bond acceptors (Lipinski definition) is 6. The molecule has 5 atom stereocenters. The molecule has 0 radical (unpaired) electrons. The third-order valence-corrected chi connectivity index (χ3v) is 3.58. The summed E-state index contributed by atoms with van der Waals surface area (Å²) in [6.45, 7) is 7.50. The summed E-state index contributed by atoms with van der Waals surface area (Å²) in [7, 11) is 0. The average Bonchev–Trinajstić information content (AvgIpc) is 2.80. The Morgan fingerprint density at radius 3 is 2.25 bits per heavy atom. The van der Waals surface area contributed by atoms with E-state index in [1.54, 1.807) is 0 Å². The third kappa shape index (κ3) is 2.39. The van der Waals surface area contributed by atoms with Gasteiger partial charge in [-0.1, -0.05) is 5.11 Å². The van der Waals surface area contributed by atoms with Crippen LogP contribution in [-0.4, -0.2) is 48.8 Å². The Kier molecular flexibility index (Phi) is 3.20. The van der Waals surface area contributed by atoms with Gasteiger partial charge in [-0.05, 0) is 33.2 Å². The van der Waals surface area contributed by atoms with E-state index in [-0.39, 0.29) is 24.9 Å². The zero-order valence-electron chi connectivity index (χ0n) is 12.0. The van der Waals surface area contributed by atoms with Gasteiger partial charge in [0.1, 0.15) is 18.3 Å². The zero-order valence-corrected chi connectivity index (χ0v) is 12.0. The maximum absolute atomic E-state index is 8.49. The molecule has 20 heavy (non-hydrogen) atoms. The van der Waals surface area contributed by atoms with Crippen LogP contribution in [0, 0.1) is 0 Å². The van der Waals surface area contributed by atoms with Crippen LogP contribution in [0.1, 0.15) is 27.7 Å². The molecular formula is C12H19N3O5. The summed E-state index contributed by atoms with van der Waals surface area (Å²) >= 11 is 0. The lowest BCUT2D eigenvalue weighted by Gasteiger charge is -2.36. The molecule has 112 valence electrons. The van der Waals surface area contributed by atoms with E-state index in [0.717, 1.165) is 0 Å². The van der Waals surface area contributed by atoms with Gasteiger partial charge in [-0.3, -0.25) is 0 Å². The summed E-state index contributed by atoms with van der Waals surface area (Å²) < 4.78 is 29.2. The van der Waals surface area contributed by atoms with E-state index in [1.807, 2.05) is 27.7 Å². The van der Waals surface area contributed by atoms with Crippen molar-refractivity contribution < 1.29 is 23.7 Å². The summed E-state index contributed by atoms with van der Waals surface area (Å²) in [5, 5.41) is 3.58. The summed E-state index contributed by atoms with van der Waals surface area (Å²) in [6, 6.07) is 0. The minimum Gasteiger partial charge on any atom is -0.344 e. The Hall–Kier alpha value is -0.890. The van der Waals surface area contributed by atoms with Gasteiger partial charge in [-0.15, -0.1) is 0 Å². The van der Waals surface area contributed by atoms with Crippen LogP contribution in [0.25, 0.3) is 10.4 Å². The van der Waals surface area contributed by atoms with E-state index in [4.69, 9.17) is 29.2 Å². The number of hydrogen-bond donors (Lipinski definition) is 0. The van der Waals surface area contributed by atoms with E-state index in [2.05, 4.69) is 10.0 Å². The predicted octanol–water partition coefficient (Wildman–Crippen LogP) is 1.69. The van der Waals surface area contributed by atoms with E-state index >= 15 is 0 Å². The average molecular weight is 285 g/mol. The van der Waals surface area contributed by atoms with Crippen LogP contribution < -0.4 is 0 Å². The fourth-order valence-electron chi connectivity index (χ4n) is 2.96. The predicted molar refractivity (Wildman–Crippen MR) is 66.5 cm³/mol. The molecule has 0 bridgehead atoms. The molecule has 3 aliphatic heterocycles. The first-order chi connectivity index (χ1) is 9.31. The highest BCUT2D eigenvalue weighted by Gasteiger charge is 2.60. The van der Waals surface area contributed by atoms with Gasteiger partial charge in [0.15, 0.2) is 17.9 Å². The topological polar surface area (TPSA) is 94.9 Å². The Balaban J connectivity index is 1.85. The van der Waals surface area contributed by atoms with Gasteiger partial charge >= 0.3 is 0 Å². The SMILES string of the molecule is CC1(C)O[C@H]2O[C@@H](CN=[N+]=[N-])[C@@H]3OC(C)(C)O[C@H]3[C@@H]2O1. The molecule has 3 rings (SSSR count). The lowest BCUT2D eigenvalue weighted by molar-refractivity contribution is -0.231. The quantitative estimate of drug-likeness (QED) is 0.437. The highest BCUT2D eigenvalue weighted by atomic mass is 16.9. The third-order valence-electron chi connectivity index (χ3n) is 3.58. The van der Waals surface area contributed by atoms with Crippen LogP contribution in [0.5, 0.6) is 0 Å².